The molecule has 35 heavy (non-hydrogen) atoms. The molecule has 1 aromatic heterocycles. The first kappa shape index (κ1) is 23.7. The first-order valence-corrected chi connectivity index (χ1v) is 13.9. The molecule has 5 nitrogen and oxygen atoms in total. The van der Waals surface area contributed by atoms with Gasteiger partial charge in [-0.15, -0.1) is 11.3 Å². The summed E-state index contributed by atoms with van der Waals surface area (Å²) in [6, 6.07) is 5.96. The predicted molar refractivity (Wildman–Crippen MR) is 121 cm³/mol. The fourth-order valence-electron chi connectivity index (χ4n) is 6.45. The predicted octanol–water partition coefficient (Wildman–Crippen LogP) is 4.90. The van der Waals surface area contributed by atoms with Gasteiger partial charge in [-0.25, -0.2) is 13.8 Å². The Kier molecular flexibility index (Phi) is 5.22. The zero-order valence-corrected chi connectivity index (χ0v) is 20.2. The lowest BCUT2D eigenvalue weighted by molar-refractivity contribution is -0.136. The molecule has 0 radical (unpaired) electrons. The minimum absolute atomic E-state index is 0.0839. The monoisotopic (exact) mass is 533 g/mol. The Morgan fingerprint density at radius 3 is 2.46 bits per heavy atom. The second-order valence-electron chi connectivity index (χ2n) is 10.4. The minimum Gasteiger partial charge on any atom is -0.244 e. The van der Waals surface area contributed by atoms with Crippen LogP contribution in [0.15, 0.2) is 24.4 Å². The summed E-state index contributed by atoms with van der Waals surface area (Å²) < 4.78 is 94.2. The summed E-state index contributed by atoms with van der Waals surface area (Å²) in [5, 5.41) is 0.750. The molecule has 3 fully saturated rings. The van der Waals surface area contributed by atoms with Crippen molar-refractivity contribution in [2.24, 2.45) is 11.8 Å². The fourth-order valence-corrected chi connectivity index (χ4v) is 9.17. The van der Waals surface area contributed by atoms with E-state index in [0.29, 0.717) is 17.1 Å². The van der Waals surface area contributed by atoms with Crippen LogP contribution in [0, 0.1) is 11.8 Å². The van der Waals surface area contributed by atoms with Crippen LogP contribution in [-0.2, 0) is 23.1 Å². The highest BCUT2D eigenvalue weighted by Gasteiger charge is 2.60. The molecule has 1 N–H and O–H groups in total. The number of rotatable bonds is 3. The summed E-state index contributed by atoms with van der Waals surface area (Å²) in [5.41, 5.74) is 2.09. The van der Waals surface area contributed by atoms with Gasteiger partial charge in [-0.1, -0.05) is 12.1 Å². The number of halogens is 5. The van der Waals surface area contributed by atoms with E-state index in [2.05, 4.69) is 9.71 Å². The Hall–Kier alpha value is -1.63. The van der Waals surface area contributed by atoms with Gasteiger partial charge in [0.1, 0.15) is 11.6 Å². The standard InChI is InChI=1S/C23H24F5N3O2S2/c24-21(25)8-16(9-21)19-10-29-20(34-19)14-2-1-13-6-17-3-4-18(7-15(13)5-14)22(17)11-31(12-23(26,27)28)35(32,33)30-22/h1-2,5,10,16-18,30H,3-4,6-9,11-12H2/t17-,18+,22+/m0/s1. The lowest BCUT2D eigenvalue weighted by Gasteiger charge is -2.33. The third-order valence-corrected chi connectivity index (χ3v) is 11.0. The van der Waals surface area contributed by atoms with E-state index in [1.165, 1.54) is 11.3 Å². The van der Waals surface area contributed by atoms with Gasteiger partial charge in [-0.2, -0.15) is 30.6 Å². The van der Waals surface area contributed by atoms with Crippen molar-refractivity contribution in [2.75, 3.05) is 13.1 Å². The quantitative estimate of drug-likeness (QED) is 0.571. The van der Waals surface area contributed by atoms with Crippen molar-refractivity contribution >= 4 is 21.5 Å². The van der Waals surface area contributed by atoms with Crippen molar-refractivity contribution in [1.29, 1.82) is 0 Å². The lowest BCUT2D eigenvalue weighted by atomic mass is 9.79. The number of alkyl halides is 5. The summed E-state index contributed by atoms with van der Waals surface area (Å²) in [5.74, 6) is -2.95. The van der Waals surface area contributed by atoms with Crippen LogP contribution in [-0.4, -0.2) is 48.4 Å². The normalized spacial score (nSPS) is 31.9. The van der Waals surface area contributed by atoms with Crippen molar-refractivity contribution in [1.82, 2.24) is 14.0 Å². The molecule has 1 aliphatic heterocycles. The molecule has 3 atom stereocenters. The van der Waals surface area contributed by atoms with Gasteiger partial charge < -0.3 is 0 Å². The van der Waals surface area contributed by atoms with Crippen molar-refractivity contribution < 1.29 is 30.4 Å². The Bertz CT molecular complexity index is 1270. The summed E-state index contributed by atoms with van der Waals surface area (Å²) in [7, 11) is -4.22. The maximum atomic E-state index is 13.3. The molecular formula is C23H24F5N3O2S2. The maximum Gasteiger partial charge on any atom is 0.402 e. The second-order valence-corrected chi connectivity index (χ2v) is 13.2. The minimum atomic E-state index is -4.61. The van der Waals surface area contributed by atoms with Gasteiger partial charge in [0.15, 0.2) is 0 Å². The maximum absolute atomic E-state index is 13.3. The number of hydrogen-bond donors (Lipinski definition) is 1. The van der Waals surface area contributed by atoms with Gasteiger partial charge in [0.2, 0.25) is 5.92 Å². The van der Waals surface area contributed by atoms with Crippen LogP contribution in [0.4, 0.5) is 22.0 Å². The number of benzene rings is 1. The van der Waals surface area contributed by atoms with E-state index >= 15 is 0 Å². The van der Waals surface area contributed by atoms with E-state index < -0.39 is 34.4 Å². The Labute approximate surface area is 203 Å². The zero-order valence-electron chi connectivity index (χ0n) is 18.6. The largest absolute Gasteiger partial charge is 0.402 e. The molecule has 3 aliphatic carbocycles. The number of nitrogens with one attached hydrogen (secondary N) is 1. The summed E-state index contributed by atoms with van der Waals surface area (Å²) in [4.78, 5) is 5.31. The topological polar surface area (TPSA) is 62.3 Å². The molecule has 1 aromatic carbocycles. The molecule has 2 heterocycles. The van der Waals surface area contributed by atoms with Crippen LogP contribution in [0.5, 0.6) is 0 Å². The smallest absolute Gasteiger partial charge is 0.244 e. The number of thiazole rings is 1. The lowest BCUT2D eigenvalue weighted by Crippen LogP contribution is -2.52. The molecule has 2 saturated carbocycles. The SMILES string of the molecule is O=S1(=O)N[C@@]2(CN1CC(F)(F)F)[C@@H]1CC[C@H]2Cc2ccc(-c3ncc(C4CC(F)(F)C4)s3)cc2C1. The molecule has 1 spiro atoms. The zero-order chi connectivity index (χ0) is 24.8. The van der Waals surface area contributed by atoms with Crippen LogP contribution in [0.3, 0.4) is 0 Å². The van der Waals surface area contributed by atoms with Gasteiger partial charge in [-0.3, -0.25) is 0 Å². The number of nitrogens with zero attached hydrogens (tertiary/aromatic N) is 2. The van der Waals surface area contributed by atoms with Crippen molar-refractivity contribution in [2.45, 2.75) is 62.1 Å². The Morgan fingerprint density at radius 1 is 1.11 bits per heavy atom. The van der Waals surface area contributed by atoms with Crippen molar-refractivity contribution in [3.63, 3.8) is 0 Å². The first-order chi connectivity index (χ1) is 16.3. The highest BCUT2D eigenvalue weighted by atomic mass is 32.2. The van der Waals surface area contributed by atoms with Crippen LogP contribution >= 0.6 is 11.3 Å². The average molecular weight is 534 g/mol. The molecule has 0 amide bonds. The summed E-state index contributed by atoms with van der Waals surface area (Å²) in [6.45, 7) is -1.66. The van der Waals surface area contributed by atoms with Gasteiger partial charge in [0, 0.05) is 41.9 Å². The summed E-state index contributed by atoms with van der Waals surface area (Å²) in [6.07, 6.45) is -0.570. The third kappa shape index (κ3) is 4.10. The molecule has 1 saturated heterocycles. The molecule has 2 bridgehead atoms. The number of aromatic nitrogens is 1. The van der Waals surface area contributed by atoms with Crippen molar-refractivity contribution in [3.05, 3.63) is 40.4 Å². The first-order valence-electron chi connectivity index (χ1n) is 11.7. The van der Waals surface area contributed by atoms with E-state index in [1.807, 2.05) is 18.2 Å². The van der Waals surface area contributed by atoms with Gasteiger partial charge in [-0.05, 0) is 54.7 Å². The Balaban J connectivity index is 1.26. The summed E-state index contributed by atoms with van der Waals surface area (Å²) >= 11 is 1.42. The van der Waals surface area contributed by atoms with Gasteiger partial charge >= 0.3 is 6.18 Å². The van der Waals surface area contributed by atoms with E-state index in [-0.39, 0.29) is 37.1 Å². The highest BCUT2D eigenvalue weighted by Crippen LogP contribution is 2.52. The third-order valence-electron chi connectivity index (χ3n) is 8.17. The van der Waals surface area contributed by atoms with Crippen LogP contribution < -0.4 is 4.72 Å². The van der Waals surface area contributed by atoms with E-state index in [4.69, 9.17) is 0 Å². The molecule has 190 valence electrons. The van der Waals surface area contributed by atoms with Crippen LogP contribution in [0.2, 0.25) is 0 Å². The van der Waals surface area contributed by atoms with Crippen LogP contribution in [0.25, 0.3) is 10.6 Å². The van der Waals surface area contributed by atoms with Gasteiger partial charge in [0.25, 0.3) is 10.2 Å². The molecular weight excluding hydrogens is 509 g/mol. The molecule has 0 unspecified atom stereocenters. The molecule has 6 rings (SSSR count). The van der Waals surface area contributed by atoms with E-state index in [0.717, 1.165) is 39.4 Å². The van der Waals surface area contributed by atoms with Crippen molar-refractivity contribution in [3.8, 4) is 10.6 Å². The molecule has 12 heteroatoms. The van der Waals surface area contributed by atoms with Crippen LogP contribution in [0.1, 0.15) is 47.6 Å². The van der Waals surface area contributed by atoms with E-state index in [1.54, 1.807) is 6.20 Å². The second kappa shape index (κ2) is 7.69. The highest BCUT2D eigenvalue weighted by molar-refractivity contribution is 7.87. The average Bonchev–Trinajstić information content (AvgIpc) is 3.35. The number of hydrogen-bond acceptors (Lipinski definition) is 4. The Morgan fingerprint density at radius 2 is 1.80 bits per heavy atom. The molecule has 4 aliphatic rings. The van der Waals surface area contributed by atoms with E-state index in [9.17, 15) is 30.4 Å². The number of fused-ring (bicyclic) bond motifs is 1. The molecule has 2 aromatic rings. The van der Waals surface area contributed by atoms with Gasteiger partial charge in [0.05, 0.1) is 5.54 Å². The fraction of sp³-hybridized carbons (Fsp3) is 0.609.